The van der Waals surface area contributed by atoms with Gasteiger partial charge in [0.1, 0.15) is 5.82 Å². The first-order valence-corrected chi connectivity index (χ1v) is 6.35. The number of nitrogens with zero attached hydrogens (tertiary/aromatic N) is 4. The van der Waals surface area contributed by atoms with Crippen molar-refractivity contribution < 1.29 is 14.6 Å². The molecule has 0 aliphatic rings. The molecule has 11 heteroatoms. The SMILES string of the molecule is C=C(NC(=O)c1cc([N+](=O)[O-])cc([N+](=O)[O-])c1)Nc1ncccn1. The van der Waals surface area contributed by atoms with Gasteiger partial charge in [0.05, 0.1) is 21.5 Å². The molecule has 24 heavy (non-hydrogen) atoms. The van der Waals surface area contributed by atoms with Crippen molar-refractivity contribution in [3.05, 3.63) is 74.9 Å². The molecule has 0 atom stereocenters. The van der Waals surface area contributed by atoms with Crippen LogP contribution in [0, 0.1) is 20.2 Å². The van der Waals surface area contributed by atoms with E-state index in [1.54, 1.807) is 6.07 Å². The number of nitro benzene ring substituents is 2. The van der Waals surface area contributed by atoms with Crippen LogP contribution in [0.2, 0.25) is 0 Å². The molecule has 122 valence electrons. The summed E-state index contributed by atoms with van der Waals surface area (Å²) in [5, 5.41) is 26.5. The van der Waals surface area contributed by atoms with Gasteiger partial charge in [-0.15, -0.1) is 0 Å². The normalized spacial score (nSPS) is 9.83. The molecule has 11 nitrogen and oxygen atoms in total. The molecule has 0 aliphatic carbocycles. The number of benzene rings is 1. The minimum Gasteiger partial charge on any atom is -0.311 e. The molecule has 0 radical (unpaired) electrons. The Labute approximate surface area is 134 Å². The summed E-state index contributed by atoms with van der Waals surface area (Å²) in [5.41, 5.74) is -1.40. The summed E-state index contributed by atoms with van der Waals surface area (Å²) in [5.74, 6) is -0.636. The van der Waals surface area contributed by atoms with Crippen LogP contribution in [-0.4, -0.2) is 25.7 Å². The number of amides is 1. The molecule has 0 saturated heterocycles. The van der Waals surface area contributed by atoms with Gasteiger partial charge in [0.2, 0.25) is 5.95 Å². The minimum absolute atomic E-state index is 0.000333. The number of non-ortho nitro benzene ring substituents is 2. The fourth-order valence-corrected chi connectivity index (χ4v) is 1.68. The second kappa shape index (κ2) is 6.91. The van der Waals surface area contributed by atoms with Crippen LogP contribution in [0.25, 0.3) is 0 Å². The largest absolute Gasteiger partial charge is 0.311 e. The zero-order valence-electron chi connectivity index (χ0n) is 12.0. The Morgan fingerprint density at radius 1 is 1.04 bits per heavy atom. The van der Waals surface area contributed by atoms with Crippen molar-refractivity contribution in [2.24, 2.45) is 0 Å². The van der Waals surface area contributed by atoms with Gasteiger partial charge in [0.15, 0.2) is 0 Å². The zero-order valence-corrected chi connectivity index (χ0v) is 12.0. The quantitative estimate of drug-likeness (QED) is 0.598. The Hall–Kier alpha value is -3.89. The van der Waals surface area contributed by atoms with Gasteiger partial charge in [-0.2, -0.15) is 0 Å². The van der Waals surface area contributed by atoms with E-state index in [1.807, 2.05) is 0 Å². The third-order valence-electron chi connectivity index (χ3n) is 2.68. The highest BCUT2D eigenvalue weighted by Gasteiger charge is 2.20. The lowest BCUT2D eigenvalue weighted by Gasteiger charge is -2.09. The van der Waals surface area contributed by atoms with Gasteiger partial charge >= 0.3 is 0 Å². The number of nitrogens with one attached hydrogen (secondary N) is 2. The highest BCUT2D eigenvalue weighted by atomic mass is 16.6. The summed E-state index contributed by atoms with van der Waals surface area (Å²) in [4.78, 5) is 39.8. The molecule has 1 heterocycles. The van der Waals surface area contributed by atoms with Crippen molar-refractivity contribution in [1.29, 1.82) is 0 Å². The van der Waals surface area contributed by atoms with E-state index in [4.69, 9.17) is 0 Å². The summed E-state index contributed by atoms with van der Waals surface area (Å²) in [6.45, 7) is 3.54. The molecular weight excluding hydrogens is 320 g/mol. The molecule has 2 aromatic rings. The number of hydrogen-bond acceptors (Lipinski definition) is 8. The van der Waals surface area contributed by atoms with E-state index in [-0.39, 0.29) is 17.3 Å². The highest BCUT2D eigenvalue weighted by molar-refractivity contribution is 5.96. The fraction of sp³-hybridized carbons (Fsp3) is 0. The smallest absolute Gasteiger partial charge is 0.277 e. The Morgan fingerprint density at radius 3 is 2.08 bits per heavy atom. The van der Waals surface area contributed by atoms with Gasteiger partial charge in [-0.3, -0.25) is 25.0 Å². The summed E-state index contributed by atoms with van der Waals surface area (Å²) in [6.07, 6.45) is 2.93. The van der Waals surface area contributed by atoms with E-state index >= 15 is 0 Å². The van der Waals surface area contributed by atoms with E-state index in [1.165, 1.54) is 12.4 Å². The lowest BCUT2D eigenvalue weighted by Crippen LogP contribution is -2.26. The maximum Gasteiger partial charge on any atom is 0.277 e. The van der Waals surface area contributed by atoms with E-state index in [0.29, 0.717) is 0 Å². The Bertz CT molecular complexity index is 791. The molecule has 1 aromatic heterocycles. The van der Waals surface area contributed by atoms with Crippen LogP contribution in [0.4, 0.5) is 17.3 Å². The average Bonchev–Trinajstić information content (AvgIpc) is 2.55. The molecule has 2 N–H and O–H groups in total. The summed E-state index contributed by atoms with van der Waals surface area (Å²) >= 11 is 0. The lowest BCUT2D eigenvalue weighted by atomic mass is 10.1. The number of aromatic nitrogens is 2. The topological polar surface area (TPSA) is 153 Å². The lowest BCUT2D eigenvalue weighted by molar-refractivity contribution is -0.394. The Balaban J connectivity index is 2.18. The molecule has 1 amide bonds. The van der Waals surface area contributed by atoms with Crippen LogP contribution in [0.3, 0.4) is 0 Å². The molecule has 1 aromatic carbocycles. The minimum atomic E-state index is -0.825. The predicted octanol–water partition coefficient (Wildman–Crippen LogP) is 1.61. The number of carbonyl (C=O) groups is 1. The van der Waals surface area contributed by atoms with Gasteiger partial charge in [0.25, 0.3) is 17.3 Å². The average molecular weight is 330 g/mol. The van der Waals surface area contributed by atoms with Crippen LogP contribution in [0.5, 0.6) is 0 Å². The van der Waals surface area contributed by atoms with Crippen molar-refractivity contribution in [3.63, 3.8) is 0 Å². The van der Waals surface area contributed by atoms with E-state index < -0.39 is 27.1 Å². The Kier molecular flexibility index (Phi) is 4.75. The molecule has 0 bridgehead atoms. The summed E-state index contributed by atoms with van der Waals surface area (Å²) < 4.78 is 0. The fourth-order valence-electron chi connectivity index (χ4n) is 1.68. The monoisotopic (exact) mass is 330 g/mol. The molecular formula is C13H10N6O5. The maximum atomic E-state index is 12.1. The highest BCUT2D eigenvalue weighted by Crippen LogP contribution is 2.22. The Morgan fingerprint density at radius 2 is 1.58 bits per heavy atom. The van der Waals surface area contributed by atoms with Crippen molar-refractivity contribution in [1.82, 2.24) is 15.3 Å². The van der Waals surface area contributed by atoms with Gasteiger partial charge < -0.3 is 10.6 Å². The number of anilines is 1. The molecule has 0 spiro atoms. The van der Waals surface area contributed by atoms with Gasteiger partial charge in [-0.1, -0.05) is 6.58 Å². The zero-order chi connectivity index (χ0) is 17.7. The van der Waals surface area contributed by atoms with Gasteiger partial charge in [-0.25, -0.2) is 9.97 Å². The number of carbonyl (C=O) groups excluding carboxylic acids is 1. The standard InChI is InChI=1S/C13H10N6O5/c1-8(17-13-14-3-2-4-15-13)16-12(20)9-5-10(18(21)22)7-11(6-9)19(23)24/h2-7H,1H2,(H,16,20)(H,14,15,17). The van der Waals surface area contributed by atoms with E-state index in [2.05, 4.69) is 27.2 Å². The molecule has 0 unspecified atom stereocenters. The van der Waals surface area contributed by atoms with Crippen LogP contribution in [-0.2, 0) is 0 Å². The molecule has 0 fully saturated rings. The summed E-state index contributed by atoms with van der Waals surface area (Å²) in [7, 11) is 0. The van der Waals surface area contributed by atoms with Crippen molar-refractivity contribution in [3.8, 4) is 0 Å². The first-order valence-electron chi connectivity index (χ1n) is 6.35. The second-order valence-corrected chi connectivity index (χ2v) is 4.38. The number of hydrogen-bond donors (Lipinski definition) is 2. The summed E-state index contributed by atoms with van der Waals surface area (Å²) in [6, 6.07) is 4.21. The van der Waals surface area contributed by atoms with Crippen LogP contribution < -0.4 is 10.6 Å². The van der Waals surface area contributed by atoms with Gasteiger partial charge in [-0.05, 0) is 6.07 Å². The van der Waals surface area contributed by atoms with Crippen molar-refractivity contribution >= 4 is 23.2 Å². The predicted molar refractivity (Wildman–Crippen MR) is 82.0 cm³/mol. The first kappa shape index (κ1) is 16.5. The molecule has 2 rings (SSSR count). The third kappa shape index (κ3) is 4.07. The first-order chi connectivity index (χ1) is 11.4. The number of nitro groups is 2. The second-order valence-electron chi connectivity index (χ2n) is 4.38. The van der Waals surface area contributed by atoms with Gasteiger partial charge in [0, 0.05) is 24.5 Å². The molecule has 0 aliphatic heterocycles. The van der Waals surface area contributed by atoms with Crippen molar-refractivity contribution in [2.45, 2.75) is 0 Å². The van der Waals surface area contributed by atoms with E-state index in [0.717, 1.165) is 18.2 Å². The number of rotatable bonds is 6. The molecule has 0 saturated carbocycles. The maximum absolute atomic E-state index is 12.1. The van der Waals surface area contributed by atoms with Crippen LogP contribution >= 0.6 is 0 Å². The third-order valence-corrected chi connectivity index (χ3v) is 2.68. The van der Waals surface area contributed by atoms with Crippen LogP contribution in [0.1, 0.15) is 10.4 Å². The van der Waals surface area contributed by atoms with E-state index in [9.17, 15) is 25.0 Å². The van der Waals surface area contributed by atoms with Crippen molar-refractivity contribution in [2.75, 3.05) is 5.32 Å². The van der Waals surface area contributed by atoms with Crippen LogP contribution in [0.15, 0.2) is 49.1 Å².